The number of thioether (sulfide) groups is 1. The first-order chi connectivity index (χ1) is 5.15. The molecule has 0 saturated heterocycles. The monoisotopic (exact) mass is 172 g/mol. The molecule has 0 aliphatic heterocycles. The van der Waals surface area contributed by atoms with Gasteiger partial charge in [-0.05, 0) is 13.2 Å². The molecule has 0 bridgehead atoms. The van der Waals surface area contributed by atoms with Crippen LogP contribution in [0.25, 0.3) is 0 Å². The van der Waals surface area contributed by atoms with Crippen molar-refractivity contribution in [1.29, 1.82) is 0 Å². The van der Waals surface area contributed by atoms with E-state index in [2.05, 4.69) is 0 Å². The summed E-state index contributed by atoms with van der Waals surface area (Å²) in [6.45, 7) is 1.75. The molecule has 0 aliphatic rings. The number of rotatable bonds is 2. The minimum atomic E-state index is -1.02. The maximum atomic E-state index is 10.4. The molecule has 4 heteroatoms. The Morgan fingerprint density at radius 2 is 2.36 bits per heavy atom. The zero-order chi connectivity index (χ0) is 8.43. The Morgan fingerprint density at radius 3 is 2.64 bits per heavy atom. The van der Waals surface area contributed by atoms with Gasteiger partial charge in [0.15, 0.2) is 0 Å². The van der Waals surface area contributed by atoms with E-state index in [1.807, 2.05) is 6.26 Å². The summed E-state index contributed by atoms with van der Waals surface area (Å²) in [6, 6.07) is 1.53. The number of hydrogen-bond donors (Lipinski definition) is 1. The van der Waals surface area contributed by atoms with Crippen LogP contribution in [0.4, 0.5) is 0 Å². The second-order valence-electron chi connectivity index (χ2n) is 2.04. The first kappa shape index (κ1) is 8.20. The second-order valence-corrected chi connectivity index (χ2v) is 2.89. The minimum Gasteiger partial charge on any atom is -0.475 e. The molecule has 0 amide bonds. The van der Waals surface area contributed by atoms with E-state index in [4.69, 9.17) is 9.52 Å². The fraction of sp³-hybridized carbons (Fsp3) is 0.286. The van der Waals surface area contributed by atoms with Gasteiger partial charge in [-0.2, -0.15) is 0 Å². The van der Waals surface area contributed by atoms with E-state index in [1.165, 1.54) is 17.8 Å². The highest BCUT2D eigenvalue weighted by molar-refractivity contribution is 7.98. The molecule has 0 spiro atoms. The summed E-state index contributed by atoms with van der Waals surface area (Å²) >= 11 is 1.48. The van der Waals surface area contributed by atoms with Crippen molar-refractivity contribution in [3.63, 3.8) is 0 Å². The third kappa shape index (κ3) is 1.57. The Bertz CT molecular complexity index is 277. The lowest BCUT2D eigenvalue weighted by Gasteiger charge is -1.86. The van der Waals surface area contributed by atoms with Crippen molar-refractivity contribution in [2.24, 2.45) is 0 Å². The van der Waals surface area contributed by atoms with E-state index in [-0.39, 0.29) is 5.76 Å². The quantitative estimate of drug-likeness (QED) is 0.693. The molecule has 11 heavy (non-hydrogen) atoms. The van der Waals surface area contributed by atoms with Gasteiger partial charge in [-0.1, -0.05) is 0 Å². The predicted molar refractivity (Wildman–Crippen MR) is 42.2 cm³/mol. The molecule has 1 rings (SSSR count). The lowest BCUT2D eigenvalue weighted by atomic mass is 10.4. The number of aryl methyl sites for hydroxylation is 1. The van der Waals surface area contributed by atoms with E-state index in [9.17, 15) is 4.79 Å². The average molecular weight is 172 g/mol. The smallest absolute Gasteiger partial charge is 0.371 e. The lowest BCUT2D eigenvalue weighted by Crippen LogP contribution is -1.91. The van der Waals surface area contributed by atoms with Crippen LogP contribution in [-0.2, 0) is 0 Å². The van der Waals surface area contributed by atoms with Crippen LogP contribution in [0.3, 0.4) is 0 Å². The lowest BCUT2D eigenvalue weighted by molar-refractivity contribution is 0.0661. The third-order valence-corrected chi connectivity index (χ3v) is 2.15. The molecule has 0 radical (unpaired) electrons. The van der Waals surface area contributed by atoms with Crippen molar-refractivity contribution >= 4 is 17.7 Å². The summed E-state index contributed by atoms with van der Waals surface area (Å²) in [5.74, 6) is -0.352. The van der Waals surface area contributed by atoms with Crippen molar-refractivity contribution in [1.82, 2.24) is 0 Å². The number of carboxylic acid groups (broad SMARTS) is 1. The van der Waals surface area contributed by atoms with E-state index in [0.717, 1.165) is 4.90 Å². The number of aromatic carboxylic acids is 1. The van der Waals surface area contributed by atoms with Crippen LogP contribution < -0.4 is 0 Å². The molecule has 0 saturated carbocycles. The van der Waals surface area contributed by atoms with Crippen molar-refractivity contribution in [2.75, 3.05) is 6.26 Å². The van der Waals surface area contributed by atoms with Gasteiger partial charge in [0.25, 0.3) is 0 Å². The number of furan rings is 1. The number of hydrogen-bond acceptors (Lipinski definition) is 3. The van der Waals surface area contributed by atoms with Crippen molar-refractivity contribution in [3.05, 3.63) is 17.6 Å². The predicted octanol–water partition coefficient (Wildman–Crippen LogP) is 2.01. The summed E-state index contributed by atoms with van der Waals surface area (Å²) in [6.07, 6.45) is 1.88. The fourth-order valence-electron chi connectivity index (χ4n) is 0.773. The molecule has 0 fully saturated rings. The first-order valence-electron chi connectivity index (χ1n) is 3.03. The van der Waals surface area contributed by atoms with Crippen LogP contribution in [0.5, 0.6) is 0 Å². The van der Waals surface area contributed by atoms with Crippen LogP contribution >= 0.6 is 11.8 Å². The minimum absolute atomic E-state index is 0.00634. The van der Waals surface area contributed by atoms with Crippen molar-refractivity contribution in [3.8, 4) is 0 Å². The standard InChI is InChI=1S/C7H8O3S/c1-4-6(11-2)3-5(10-4)7(8)9/h3H,1-2H3,(H,8,9). The van der Waals surface area contributed by atoms with Gasteiger partial charge in [-0.25, -0.2) is 4.79 Å². The molecule has 0 atom stereocenters. The van der Waals surface area contributed by atoms with Gasteiger partial charge in [-0.15, -0.1) is 11.8 Å². The van der Waals surface area contributed by atoms with Gasteiger partial charge < -0.3 is 9.52 Å². The van der Waals surface area contributed by atoms with E-state index < -0.39 is 5.97 Å². The molecule has 0 aliphatic carbocycles. The maximum Gasteiger partial charge on any atom is 0.371 e. The largest absolute Gasteiger partial charge is 0.475 e. The molecule has 1 heterocycles. The van der Waals surface area contributed by atoms with Crippen molar-refractivity contribution < 1.29 is 14.3 Å². The summed E-state index contributed by atoms with van der Waals surface area (Å²) < 4.78 is 4.95. The Labute approximate surface area is 68.4 Å². The molecular formula is C7H8O3S. The topological polar surface area (TPSA) is 50.4 Å². The van der Waals surface area contributed by atoms with Crippen LogP contribution in [-0.4, -0.2) is 17.3 Å². The van der Waals surface area contributed by atoms with Gasteiger partial charge in [0.2, 0.25) is 5.76 Å². The Hall–Kier alpha value is -0.900. The molecule has 0 unspecified atom stereocenters. The van der Waals surface area contributed by atoms with Crippen molar-refractivity contribution in [2.45, 2.75) is 11.8 Å². The molecule has 1 aromatic heterocycles. The zero-order valence-corrected chi connectivity index (χ0v) is 7.07. The van der Waals surface area contributed by atoms with Gasteiger partial charge in [0.05, 0.1) is 0 Å². The van der Waals surface area contributed by atoms with E-state index in [1.54, 1.807) is 6.92 Å². The molecule has 0 aromatic carbocycles. The molecule has 60 valence electrons. The zero-order valence-electron chi connectivity index (χ0n) is 6.25. The second kappa shape index (κ2) is 3.00. The fourth-order valence-corrected chi connectivity index (χ4v) is 1.33. The SMILES string of the molecule is CSc1cc(C(=O)O)oc1C. The van der Waals surface area contributed by atoms with Crippen LogP contribution in [0, 0.1) is 6.92 Å². The summed E-state index contributed by atoms with van der Waals surface area (Å²) in [5, 5.41) is 8.52. The Kier molecular flexibility index (Phi) is 2.24. The number of carbonyl (C=O) groups is 1. The third-order valence-electron chi connectivity index (χ3n) is 1.30. The normalized spacial score (nSPS) is 10.0. The summed E-state index contributed by atoms with van der Waals surface area (Å²) in [4.78, 5) is 11.3. The van der Waals surface area contributed by atoms with Crippen LogP contribution in [0.1, 0.15) is 16.3 Å². The van der Waals surface area contributed by atoms with Gasteiger partial charge in [-0.3, -0.25) is 0 Å². The molecule has 3 nitrogen and oxygen atoms in total. The molecule has 1 N–H and O–H groups in total. The highest BCUT2D eigenvalue weighted by Crippen LogP contribution is 2.23. The van der Waals surface area contributed by atoms with E-state index in [0.29, 0.717) is 5.76 Å². The average Bonchev–Trinajstić information content (AvgIpc) is 2.31. The van der Waals surface area contributed by atoms with Gasteiger partial charge in [0, 0.05) is 11.0 Å². The van der Waals surface area contributed by atoms with Gasteiger partial charge in [0.1, 0.15) is 5.76 Å². The summed E-state index contributed by atoms with van der Waals surface area (Å²) in [7, 11) is 0. The van der Waals surface area contributed by atoms with Crippen LogP contribution in [0.15, 0.2) is 15.4 Å². The van der Waals surface area contributed by atoms with Gasteiger partial charge >= 0.3 is 5.97 Å². The highest BCUT2D eigenvalue weighted by Gasteiger charge is 2.11. The van der Waals surface area contributed by atoms with E-state index >= 15 is 0 Å². The Morgan fingerprint density at radius 1 is 1.73 bits per heavy atom. The Balaban J connectivity index is 3.05. The maximum absolute atomic E-state index is 10.4. The highest BCUT2D eigenvalue weighted by atomic mass is 32.2. The number of carboxylic acids is 1. The van der Waals surface area contributed by atoms with Crippen LogP contribution in [0.2, 0.25) is 0 Å². The molecule has 1 aromatic rings. The molecular weight excluding hydrogens is 164 g/mol. The summed E-state index contributed by atoms with van der Waals surface area (Å²) in [5.41, 5.74) is 0. The first-order valence-corrected chi connectivity index (χ1v) is 4.25.